The predicted octanol–water partition coefficient (Wildman–Crippen LogP) is 4.03. The van der Waals surface area contributed by atoms with Crippen molar-refractivity contribution < 1.29 is 9.90 Å². The van der Waals surface area contributed by atoms with Gasteiger partial charge in [-0.1, -0.05) is 48.6 Å². The fourth-order valence-corrected chi connectivity index (χ4v) is 8.70. The first-order valence-electron chi connectivity index (χ1n) is 13.1. The van der Waals surface area contributed by atoms with Crippen molar-refractivity contribution in [2.45, 2.75) is 58.2 Å². The highest BCUT2D eigenvalue weighted by molar-refractivity contribution is 8.30. The molecule has 2 fully saturated rings. The number of amides is 1. The lowest BCUT2D eigenvalue weighted by molar-refractivity contribution is -0.120. The summed E-state index contributed by atoms with van der Waals surface area (Å²) in [5.74, 6) is 0.348. The van der Waals surface area contributed by atoms with Gasteiger partial charge >= 0.3 is 0 Å². The van der Waals surface area contributed by atoms with Crippen LogP contribution in [0.1, 0.15) is 55.7 Å². The highest BCUT2D eigenvalue weighted by atomic mass is 32.2. The number of carbonyl (C=O) groups is 1. The van der Waals surface area contributed by atoms with Gasteiger partial charge in [-0.3, -0.25) is 19.1 Å². The van der Waals surface area contributed by atoms with Crippen molar-refractivity contribution >= 4 is 67.9 Å². The molecule has 2 atom stereocenters. The molecule has 6 nitrogen and oxygen atoms in total. The number of thiazole rings is 1. The topological polar surface area (TPSA) is 65.8 Å². The van der Waals surface area contributed by atoms with E-state index in [1.807, 2.05) is 32.1 Å². The Labute approximate surface area is 234 Å². The van der Waals surface area contributed by atoms with Crippen LogP contribution in [0.15, 0.2) is 47.3 Å². The van der Waals surface area contributed by atoms with Gasteiger partial charge in [-0.25, -0.2) is 0 Å². The number of thioether (sulfide) groups is 1. The summed E-state index contributed by atoms with van der Waals surface area (Å²) in [7, 11) is 0. The summed E-state index contributed by atoms with van der Waals surface area (Å²) in [6.45, 7) is 4.89. The molecule has 1 aliphatic carbocycles. The molecule has 1 saturated carbocycles. The normalized spacial score (nSPS) is 22.6. The van der Waals surface area contributed by atoms with E-state index in [4.69, 9.17) is 12.2 Å². The van der Waals surface area contributed by atoms with E-state index < -0.39 is 0 Å². The fraction of sp³-hybridized carbons (Fsp3) is 0.345. The number of hydrogen-bond acceptors (Lipinski definition) is 7. The van der Waals surface area contributed by atoms with Crippen LogP contribution in [0.2, 0.25) is 0 Å². The first-order chi connectivity index (χ1) is 18.4. The van der Waals surface area contributed by atoms with Gasteiger partial charge in [0.25, 0.3) is 11.5 Å². The molecule has 196 valence electrons. The van der Waals surface area contributed by atoms with Gasteiger partial charge in [0.05, 0.1) is 11.1 Å². The molecule has 0 bridgehead atoms. The van der Waals surface area contributed by atoms with Crippen molar-refractivity contribution in [3.8, 4) is 0 Å². The third-order valence-corrected chi connectivity index (χ3v) is 10.5. The Balaban J connectivity index is 1.43. The first-order valence-corrected chi connectivity index (χ1v) is 15.1. The van der Waals surface area contributed by atoms with Crippen LogP contribution in [-0.4, -0.2) is 37.4 Å². The Hall–Kier alpha value is -2.72. The maximum atomic E-state index is 13.4. The zero-order valence-electron chi connectivity index (χ0n) is 21.3. The summed E-state index contributed by atoms with van der Waals surface area (Å²) in [5.41, 5.74) is 5.55. The summed E-state index contributed by atoms with van der Waals surface area (Å²) in [6, 6.07) is 15.1. The molecular formula is C29H29N3O3S3. The number of aliphatic hydroxyl groups is 1. The lowest BCUT2D eigenvalue weighted by Crippen LogP contribution is -2.33. The molecule has 0 radical (unpaired) electrons. The number of rotatable bonds is 5. The van der Waals surface area contributed by atoms with E-state index in [9.17, 15) is 14.7 Å². The summed E-state index contributed by atoms with van der Waals surface area (Å²) in [4.78, 5) is 30.9. The number of thiocarbonyl (C=S) groups is 1. The molecule has 1 N–H and O–H groups in total. The summed E-state index contributed by atoms with van der Waals surface area (Å²) in [5, 5.41) is 9.45. The molecule has 3 aliphatic rings. The Kier molecular flexibility index (Phi) is 6.80. The largest absolute Gasteiger partial charge is 0.392 e. The quantitative estimate of drug-likeness (QED) is 0.473. The standard InChI is InChI=1S/C29H29N3O3S3/c1-3-30-26(34)24(37-28(30)25-27(35)31(4-2)29(36)38-25)15-18-10-13-23-21(14-18)20-6-5-7-22(20)32(23)19-11-8-17(16-33)9-12-19/h8-15,20,22,33H,3-7,16H2,1-2H3/b24-15+,28-25-. The SMILES string of the molecule is CCN1C(=O)/C(=c2/s/c(=C/c3ccc4c(c3)C3CCCC3N4c3ccc(CO)cc3)c(=O)n2CC)SC1=S. The Morgan fingerprint density at radius 3 is 2.55 bits per heavy atom. The van der Waals surface area contributed by atoms with Crippen LogP contribution in [0.5, 0.6) is 0 Å². The number of benzene rings is 2. The molecule has 2 aromatic carbocycles. The van der Waals surface area contributed by atoms with Gasteiger partial charge in [-0.05, 0) is 73.7 Å². The molecule has 0 spiro atoms. The Morgan fingerprint density at radius 1 is 1.08 bits per heavy atom. The number of aromatic nitrogens is 1. The van der Waals surface area contributed by atoms with Crippen LogP contribution in [0.25, 0.3) is 11.0 Å². The predicted molar refractivity (Wildman–Crippen MR) is 159 cm³/mol. The van der Waals surface area contributed by atoms with E-state index in [1.54, 1.807) is 9.47 Å². The number of aliphatic hydroxyl groups excluding tert-OH is 1. The van der Waals surface area contributed by atoms with Gasteiger partial charge in [0.15, 0.2) is 0 Å². The summed E-state index contributed by atoms with van der Waals surface area (Å²) in [6.07, 6.45) is 5.47. The lowest BCUT2D eigenvalue weighted by Gasteiger charge is -2.27. The molecule has 1 amide bonds. The summed E-state index contributed by atoms with van der Waals surface area (Å²) >= 11 is 8.06. The molecule has 6 rings (SSSR count). The van der Waals surface area contributed by atoms with Crippen molar-refractivity contribution in [1.82, 2.24) is 9.47 Å². The van der Waals surface area contributed by atoms with Crippen LogP contribution in [0, 0.1) is 0 Å². The number of hydrogen-bond donors (Lipinski definition) is 1. The first kappa shape index (κ1) is 25.6. The van der Waals surface area contributed by atoms with E-state index in [1.165, 1.54) is 40.8 Å². The average Bonchev–Trinajstić information content (AvgIpc) is 3.66. The minimum Gasteiger partial charge on any atom is -0.392 e. The van der Waals surface area contributed by atoms with Gasteiger partial charge in [0.1, 0.15) is 13.9 Å². The third kappa shape index (κ3) is 4.07. The number of anilines is 2. The molecule has 1 saturated heterocycles. The highest BCUT2D eigenvalue weighted by Crippen LogP contribution is 2.52. The minimum absolute atomic E-state index is 0.0436. The monoisotopic (exact) mass is 563 g/mol. The summed E-state index contributed by atoms with van der Waals surface area (Å²) < 4.78 is 3.55. The van der Waals surface area contributed by atoms with Gasteiger partial charge in [-0.2, -0.15) is 0 Å². The zero-order valence-corrected chi connectivity index (χ0v) is 23.8. The molecule has 2 unspecified atom stereocenters. The maximum absolute atomic E-state index is 13.4. The van der Waals surface area contributed by atoms with E-state index in [0.717, 1.165) is 29.7 Å². The highest BCUT2D eigenvalue weighted by Gasteiger charge is 2.42. The van der Waals surface area contributed by atoms with Crippen LogP contribution < -0.4 is 19.7 Å². The van der Waals surface area contributed by atoms with Crippen LogP contribution >= 0.6 is 35.3 Å². The Morgan fingerprint density at radius 2 is 1.87 bits per heavy atom. The van der Waals surface area contributed by atoms with Crippen molar-refractivity contribution in [2.75, 3.05) is 11.4 Å². The maximum Gasteiger partial charge on any atom is 0.269 e. The molecule has 2 aliphatic heterocycles. The minimum atomic E-state index is -0.116. The lowest BCUT2D eigenvalue weighted by atomic mass is 9.96. The van der Waals surface area contributed by atoms with E-state index in [2.05, 4.69) is 35.2 Å². The van der Waals surface area contributed by atoms with Crippen LogP contribution in [0.4, 0.5) is 11.4 Å². The zero-order chi connectivity index (χ0) is 26.6. The third-order valence-electron chi connectivity index (χ3n) is 7.80. The second-order valence-electron chi connectivity index (χ2n) is 9.83. The van der Waals surface area contributed by atoms with Gasteiger partial charge < -0.3 is 10.0 Å². The number of fused-ring (bicyclic) bond motifs is 3. The van der Waals surface area contributed by atoms with Gasteiger partial charge in [-0.15, -0.1) is 11.3 Å². The van der Waals surface area contributed by atoms with Crippen molar-refractivity contribution in [3.05, 3.63) is 78.7 Å². The number of carbonyl (C=O) groups excluding carboxylic acids is 1. The smallest absolute Gasteiger partial charge is 0.269 e. The number of nitrogens with zero attached hydrogens (tertiary/aromatic N) is 3. The van der Waals surface area contributed by atoms with E-state index >= 15 is 0 Å². The average molecular weight is 564 g/mol. The second-order valence-corrected chi connectivity index (χ2v) is 12.5. The molecule has 9 heteroatoms. The Bertz CT molecular complexity index is 1620. The van der Waals surface area contributed by atoms with Crippen LogP contribution in [-0.2, 0) is 17.9 Å². The van der Waals surface area contributed by atoms with Crippen molar-refractivity contribution in [2.24, 2.45) is 0 Å². The van der Waals surface area contributed by atoms with Gasteiger partial charge in [0.2, 0.25) is 0 Å². The fourth-order valence-electron chi connectivity index (χ4n) is 5.99. The van der Waals surface area contributed by atoms with E-state index in [-0.39, 0.29) is 18.1 Å². The molecular weight excluding hydrogens is 535 g/mol. The van der Waals surface area contributed by atoms with Crippen molar-refractivity contribution in [3.63, 3.8) is 0 Å². The molecule has 3 heterocycles. The molecule has 1 aromatic heterocycles. The molecule has 3 aromatic rings. The molecule has 38 heavy (non-hydrogen) atoms. The van der Waals surface area contributed by atoms with Crippen molar-refractivity contribution in [1.29, 1.82) is 0 Å². The van der Waals surface area contributed by atoms with Gasteiger partial charge in [0, 0.05) is 36.4 Å². The second kappa shape index (κ2) is 10.1. The van der Waals surface area contributed by atoms with E-state index in [0.29, 0.717) is 43.5 Å². The van der Waals surface area contributed by atoms with Crippen LogP contribution in [0.3, 0.4) is 0 Å².